The topological polar surface area (TPSA) is 49.3 Å². The van der Waals surface area contributed by atoms with Crippen LogP contribution >= 0.6 is 27.3 Å². The third kappa shape index (κ3) is 3.65. The minimum absolute atomic E-state index is 0.200. The van der Waals surface area contributed by atoms with E-state index in [-0.39, 0.29) is 6.04 Å². The number of carboxylic acid groups (broad SMARTS) is 1. The Morgan fingerprint density at radius 3 is 2.74 bits per heavy atom. The van der Waals surface area contributed by atoms with Gasteiger partial charge in [-0.3, -0.25) is 0 Å². The van der Waals surface area contributed by atoms with E-state index < -0.39 is 5.97 Å². The molecule has 0 fully saturated rings. The summed E-state index contributed by atoms with van der Waals surface area (Å²) in [6, 6.07) is 11.8. The molecule has 0 bridgehead atoms. The van der Waals surface area contributed by atoms with Gasteiger partial charge in [-0.15, -0.1) is 11.3 Å². The number of aromatic carboxylic acids is 1. The van der Waals surface area contributed by atoms with Gasteiger partial charge in [-0.25, -0.2) is 4.79 Å². The maximum Gasteiger partial charge on any atom is 0.345 e. The van der Waals surface area contributed by atoms with Crippen LogP contribution in [-0.2, 0) is 6.54 Å². The first kappa shape index (κ1) is 14.2. The molecule has 5 heteroatoms. The van der Waals surface area contributed by atoms with E-state index in [1.54, 1.807) is 6.07 Å². The smallest absolute Gasteiger partial charge is 0.345 e. The van der Waals surface area contributed by atoms with E-state index in [2.05, 4.69) is 34.2 Å². The SMILES string of the molecule is C[C@H](NCc1ccc(C(=O)O)s1)c1ccccc1Br. The van der Waals surface area contributed by atoms with Crippen LogP contribution < -0.4 is 5.32 Å². The fourth-order valence-electron chi connectivity index (χ4n) is 1.78. The largest absolute Gasteiger partial charge is 0.477 e. The number of benzene rings is 1. The van der Waals surface area contributed by atoms with Crippen LogP contribution in [0.25, 0.3) is 0 Å². The van der Waals surface area contributed by atoms with E-state index in [4.69, 9.17) is 5.11 Å². The quantitative estimate of drug-likeness (QED) is 0.863. The zero-order valence-corrected chi connectivity index (χ0v) is 12.8. The van der Waals surface area contributed by atoms with Crippen LogP contribution in [0.4, 0.5) is 0 Å². The molecule has 0 aliphatic rings. The summed E-state index contributed by atoms with van der Waals surface area (Å²) in [5.74, 6) is -0.866. The zero-order valence-electron chi connectivity index (χ0n) is 10.4. The molecule has 0 radical (unpaired) electrons. The minimum atomic E-state index is -0.866. The molecule has 1 heterocycles. The molecule has 0 aliphatic heterocycles. The first-order valence-electron chi connectivity index (χ1n) is 5.87. The molecule has 0 amide bonds. The second kappa shape index (κ2) is 6.32. The Hall–Kier alpha value is -1.17. The highest BCUT2D eigenvalue weighted by atomic mass is 79.9. The summed E-state index contributed by atoms with van der Waals surface area (Å²) in [7, 11) is 0. The van der Waals surface area contributed by atoms with Gasteiger partial charge in [0.25, 0.3) is 0 Å². The van der Waals surface area contributed by atoms with Crippen LogP contribution in [0.15, 0.2) is 40.9 Å². The van der Waals surface area contributed by atoms with Crippen molar-refractivity contribution in [3.8, 4) is 0 Å². The Morgan fingerprint density at radius 1 is 1.37 bits per heavy atom. The molecule has 1 aromatic heterocycles. The number of thiophene rings is 1. The molecular weight excluding hydrogens is 326 g/mol. The highest BCUT2D eigenvalue weighted by Crippen LogP contribution is 2.24. The lowest BCUT2D eigenvalue weighted by molar-refractivity contribution is 0.0702. The predicted octanol–water partition coefficient (Wildman–Crippen LogP) is 4.06. The summed E-state index contributed by atoms with van der Waals surface area (Å²) in [4.78, 5) is 12.2. The van der Waals surface area contributed by atoms with Gasteiger partial charge in [-0.05, 0) is 30.7 Å². The summed E-state index contributed by atoms with van der Waals surface area (Å²) in [6.45, 7) is 2.76. The van der Waals surface area contributed by atoms with Crippen LogP contribution in [0, 0.1) is 0 Å². The average molecular weight is 340 g/mol. The van der Waals surface area contributed by atoms with Crippen LogP contribution in [0.1, 0.15) is 33.1 Å². The third-order valence-electron chi connectivity index (χ3n) is 2.83. The summed E-state index contributed by atoms with van der Waals surface area (Å²) in [5, 5.41) is 12.3. The minimum Gasteiger partial charge on any atom is -0.477 e. The van der Waals surface area contributed by atoms with Gasteiger partial charge in [0.1, 0.15) is 4.88 Å². The predicted molar refractivity (Wildman–Crippen MR) is 80.7 cm³/mol. The molecule has 0 saturated carbocycles. The number of halogens is 1. The van der Waals surface area contributed by atoms with Gasteiger partial charge in [-0.1, -0.05) is 34.1 Å². The monoisotopic (exact) mass is 339 g/mol. The lowest BCUT2D eigenvalue weighted by atomic mass is 10.1. The summed E-state index contributed by atoms with van der Waals surface area (Å²) in [6.07, 6.45) is 0. The highest BCUT2D eigenvalue weighted by molar-refractivity contribution is 9.10. The lowest BCUT2D eigenvalue weighted by Crippen LogP contribution is -2.17. The van der Waals surface area contributed by atoms with Crippen molar-refractivity contribution in [3.63, 3.8) is 0 Å². The summed E-state index contributed by atoms with van der Waals surface area (Å²) < 4.78 is 1.08. The molecule has 3 nitrogen and oxygen atoms in total. The molecule has 2 aromatic rings. The molecule has 0 unspecified atom stereocenters. The standard InChI is InChI=1S/C14H14BrNO2S/c1-9(11-4-2-3-5-12(11)15)16-8-10-6-7-13(19-10)14(17)18/h2-7,9,16H,8H2,1H3,(H,17,18)/t9-/m0/s1. The Labute approximate surface area is 124 Å². The second-order valence-corrected chi connectivity index (χ2v) is 6.22. The van der Waals surface area contributed by atoms with E-state index in [9.17, 15) is 4.79 Å². The van der Waals surface area contributed by atoms with E-state index >= 15 is 0 Å². The number of hydrogen-bond acceptors (Lipinski definition) is 3. The lowest BCUT2D eigenvalue weighted by Gasteiger charge is -2.15. The van der Waals surface area contributed by atoms with Crippen LogP contribution in [0.5, 0.6) is 0 Å². The van der Waals surface area contributed by atoms with Crippen molar-refractivity contribution in [2.75, 3.05) is 0 Å². The highest BCUT2D eigenvalue weighted by Gasteiger charge is 2.10. The number of rotatable bonds is 5. The number of carbonyl (C=O) groups is 1. The van der Waals surface area contributed by atoms with Gasteiger partial charge in [0.2, 0.25) is 0 Å². The third-order valence-corrected chi connectivity index (χ3v) is 4.62. The van der Waals surface area contributed by atoms with Crippen LogP contribution in [0.3, 0.4) is 0 Å². The van der Waals surface area contributed by atoms with Gasteiger partial charge in [-0.2, -0.15) is 0 Å². The molecule has 2 rings (SSSR count). The second-order valence-electron chi connectivity index (χ2n) is 4.20. The molecule has 1 atom stereocenters. The van der Waals surface area contributed by atoms with Gasteiger partial charge >= 0.3 is 5.97 Å². The van der Waals surface area contributed by atoms with Crippen molar-refractivity contribution < 1.29 is 9.90 Å². The van der Waals surface area contributed by atoms with Gasteiger partial charge in [0.05, 0.1) is 0 Å². The van der Waals surface area contributed by atoms with Crippen LogP contribution in [0.2, 0.25) is 0 Å². The van der Waals surface area contributed by atoms with Crippen LogP contribution in [-0.4, -0.2) is 11.1 Å². The van der Waals surface area contributed by atoms with Crippen molar-refractivity contribution in [2.45, 2.75) is 19.5 Å². The van der Waals surface area contributed by atoms with E-state index in [0.717, 1.165) is 9.35 Å². The zero-order chi connectivity index (χ0) is 13.8. The number of carboxylic acids is 1. The Balaban J connectivity index is 1.98. The Morgan fingerprint density at radius 2 is 2.11 bits per heavy atom. The van der Waals surface area contributed by atoms with Gasteiger partial charge < -0.3 is 10.4 Å². The average Bonchev–Trinajstić information content (AvgIpc) is 2.85. The molecule has 2 N–H and O–H groups in total. The first-order chi connectivity index (χ1) is 9.08. The van der Waals surface area contributed by atoms with Crippen molar-refractivity contribution in [3.05, 3.63) is 56.2 Å². The normalized spacial score (nSPS) is 12.3. The summed E-state index contributed by atoms with van der Waals surface area (Å²) >= 11 is 4.84. The van der Waals surface area contributed by atoms with Gasteiger partial charge in [0, 0.05) is 21.9 Å². The molecule has 0 spiro atoms. The number of nitrogens with one attached hydrogen (secondary N) is 1. The van der Waals surface area contributed by atoms with Crippen molar-refractivity contribution >= 4 is 33.2 Å². The maximum atomic E-state index is 10.8. The Kier molecular flexibility index (Phi) is 4.74. The molecule has 1 aromatic carbocycles. The van der Waals surface area contributed by atoms with Crippen molar-refractivity contribution in [1.29, 1.82) is 0 Å². The van der Waals surface area contributed by atoms with E-state index in [1.807, 2.05) is 24.3 Å². The molecule has 0 aliphatic carbocycles. The van der Waals surface area contributed by atoms with E-state index in [1.165, 1.54) is 16.9 Å². The van der Waals surface area contributed by atoms with Crippen molar-refractivity contribution in [1.82, 2.24) is 5.32 Å². The molecule has 100 valence electrons. The number of hydrogen-bond donors (Lipinski definition) is 2. The molecular formula is C14H14BrNO2S. The molecule has 19 heavy (non-hydrogen) atoms. The van der Waals surface area contributed by atoms with Gasteiger partial charge in [0.15, 0.2) is 0 Å². The fraction of sp³-hybridized carbons (Fsp3) is 0.214. The Bertz CT molecular complexity index is 582. The first-order valence-corrected chi connectivity index (χ1v) is 7.48. The van der Waals surface area contributed by atoms with E-state index in [0.29, 0.717) is 11.4 Å². The fourth-order valence-corrected chi connectivity index (χ4v) is 3.20. The molecule has 0 saturated heterocycles. The van der Waals surface area contributed by atoms with Crippen molar-refractivity contribution in [2.24, 2.45) is 0 Å². The maximum absolute atomic E-state index is 10.8. The summed E-state index contributed by atoms with van der Waals surface area (Å²) in [5.41, 5.74) is 1.19.